The first kappa shape index (κ1) is 22.9. The van der Waals surface area contributed by atoms with Gasteiger partial charge in [-0.25, -0.2) is 4.39 Å². The summed E-state index contributed by atoms with van der Waals surface area (Å²) in [5.41, 5.74) is 2.77. The van der Waals surface area contributed by atoms with Crippen molar-refractivity contribution < 1.29 is 14.0 Å². The number of aryl methyl sites for hydroxylation is 1. The van der Waals surface area contributed by atoms with Crippen LogP contribution in [0.5, 0.6) is 0 Å². The van der Waals surface area contributed by atoms with Crippen LogP contribution in [0.4, 0.5) is 4.39 Å². The van der Waals surface area contributed by atoms with Crippen LogP contribution < -0.4 is 5.32 Å². The van der Waals surface area contributed by atoms with Crippen molar-refractivity contribution >= 4 is 23.6 Å². The third-order valence-electron chi connectivity index (χ3n) is 4.76. The van der Waals surface area contributed by atoms with Crippen LogP contribution in [0.15, 0.2) is 48.5 Å². The molecule has 1 atom stereocenters. The highest BCUT2D eigenvalue weighted by Crippen LogP contribution is 2.19. The van der Waals surface area contributed by atoms with Crippen molar-refractivity contribution in [2.45, 2.75) is 45.5 Å². The summed E-state index contributed by atoms with van der Waals surface area (Å²) in [5.74, 6) is 0.168. The molecule has 4 nitrogen and oxygen atoms in total. The third-order valence-corrected chi connectivity index (χ3v) is 5.73. The van der Waals surface area contributed by atoms with Gasteiger partial charge in [0.25, 0.3) is 0 Å². The average Bonchev–Trinajstić information content (AvgIpc) is 2.72. The molecule has 29 heavy (non-hydrogen) atoms. The summed E-state index contributed by atoms with van der Waals surface area (Å²) >= 11 is 1.50. The number of benzene rings is 2. The Morgan fingerprint density at radius 3 is 2.41 bits per heavy atom. The standard InChI is InChI=1S/C23H29FN2O2S/c1-4-13-25-23(28)18(3)26(14-19-10-7-8-12-21(19)24)22(27)16-29-15-20-11-6-5-9-17(20)2/h5-12,18H,4,13-16H2,1-3H3,(H,25,28). The molecular weight excluding hydrogens is 387 g/mol. The molecule has 0 radical (unpaired) electrons. The van der Waals surface area contributed by atoms with E-state index in [1.165, 1.54) is 33.9 Å². The topological polar surface area (TPSA) is 49.4 Å². The van der Waals surface area contributed by atoms with Gasteiger partial charge in [-0.05, 0) is 37.5 Å². The van der Waals surface area contributed by atoms with Gasteiger partial charge in [0.15, 0.2) is 0 Å². The number of hydrogen-bond donors (Lipinski definition) is 1. The summed E-state index contributed by atoms with van der Waals surface area (Å²) in [7, 11) is 0. The second kappa shape index (κ2) is 11.6. The Morgan fingerprint density at radius 1 is 1.10 bits per heavy atom. The van der Waals surface area contributed by atoms with Gasteiger partial charge >= 0.3 is 0 Å². The van der Waals surface area contributed by atoms with Crippen molar-refractivity contribution in [1.29, 1.82) is 0 Å². The first-order chi connectivity index (χ1) is 13.9. The zero-order chi connectivity index (χ0) is 21.2. The van der Waals surface area contributed by atoms with E-state index in [1.54, 1.807) is 25.1 Å². The molecule has 0 aromatic heterocycles. The highest BCUT2D eigenvalue weighted by atomic mass is 32.2. The molecule has 1 N–H and O–H groups in total. The summed E-state index contributed by atoms with van der Waals surface area (Å²) in [6.07, 6.45) is 0.812. The molecule has 0 fully saturated rings. The highest BCUT2D eigenvalue weighted by molar-refractivity contribution is 7.99. The van der Waals surface area contributed by atoms with E-state index in [4.69, 9.17) is 0 Å². The number of nitrogens with zero attached hydrogens (tertiary/aromatic N) is 1. The van der Waals surface area contributed by atoms with Crippen LogP contribution in [-0.2, 0) is 21.9 Å². The summed E-state index contributed by atoms with van der Waals surface area (Å²) in [5, 5.41) is 2.82. The number of hydrogen-bond acceptors (Lipinski definition) is 3. The van der Waals surface area contributed by atoms with E-state index in [0.717, 1.165) is 6.42 Å². The van der Waals surface area contributed by atoms with Crippen molar-refractivity contribution in [2.24, 2.45) is 0 Å². The molecular formula is C23H29FN2O2S. The van der Waals surface area contributed by atoms with Gasteiger partial charge < -0.3 is 10.2 Å². The van der Waals surface area contributed by atoms with E-state index in [0.29, 0.717) is 17.9 Å². The molecule has 0 aliphatic heterocycles. The lowest BCUT2D eigenvalue weighted by Crippen LogP contribution is -2.48. The van der Waals surface area contributed by atoms with E-state index in [2.05, 4.69) is 5.32 Å². The predicted molar refractivity (Wildman–Crippen MR) is 117 cm³/mol. The summed E-state index contributed by atoms with van der Waals surface area (Å²) in [4.78, 5) is 26.9. The van der Waals surface area contributed by atoms with Crippen LogP contribution in [0.25, 0.3) is 0 Å². The van der Waals surface area contributed by atoms with Gasteiger partial charge in [0.2, 0.25) is 11.8 Å². The van der Waals surface area contributed by atoms with Crippen LogP contribution >= 0.6 is 11.8 Å². The fraction of sp³-hybridized carbons (Fsp3) is 0.391. The SMILES string of the molecule is CCCNC(=O)C(C)N(Cc1ccccc1F)C(=O)CSCc1ccccc1C. The highest BCUT2D eigenvalue weighted by Gasteiger charge is 2.26. The van der Waals surface area contributed by atoms with E-state index < -0.39 is 6.04 Å². The number of amides is 2. The predicted octanol–water partition coefficient (Wildman–Crippen LogP) is 4.31. The van der Waals surface area contributed by atoms with Gasteiger partial charge in [-0.1, -0.05) is 49.4 Å². The molecule has 1 unspecified atom stereocenters. The Morgan fingerprint density at radius 2 is 1.76 bits per heavy atom. The molecule has 2 aromatic carbocycles. The maximum absolute atomic E-state index is 14.2. The maximum atomic E-state index is 14.2. The number of thioether (sulfide) groups is 1. The Hall–Kier alpha value is -2.34. The van der Waals surface area contributed by atoms with Crippen molar-refractivity contribution in [3.8, 4) is 0 Å². The van der Waals surface area contributed by atoms with E-state index in [9.17, 15) is 14.0 Å². The Labute approximate surface area is 176 Å². The van der Waals surface area contributed by atoms with Crippen LogP contribution in [0, 0.1) is 12.7 Å². The van der Waals surface area contributed by atoms with Crippen molar-refractivity contribution in [3.05, 3.63) is 71.0 Å². The van der Waals surface area contributed by atoms with Crippen LogP contribution in [0.3, 0.4) is 0 Å². The minimum absolute atomic E-state index is 0.0666. The molecule has 0 saturated carbocycles. The molecule has 156 valence electrons. The molecule has 6 heteroatoms. The monoisotopic (exact) mass is 416 g/mol. The van der Waals surface area contributed by atoms with Gasteiger partial charge in [0, 0.05) is 24.4 Å². The lowest BCUT2D eigenvalue weighted by atomic mass is 10.1. The second-order valence-corrected chi connectivity index (χ2v) is 7.98. The number of rotatable bonds is 10. The van der Waals surface area contributed by atoms with Crippen LogP contribution in [-0.4, -0.2) is 35.1 Å². The molecule has 2 aromatic rings. The minimum atomic E-state index is -0.673. The number of carbonyl (C=O) groups excluding carboxylic acids is 2. The molecule has 0 spiro atoms. The van der Waals surface area contributed by atoms with Gasteiger partial charge in [0.1, 0.15) is 11.9 Å². The van der Waals surface area contributed by atoms with Crippen molar-refractivity contribution in [1.82, 2.24) is 10.2 Å². The lowest BCUT2D eigenvalue weighted by molar-refractivity contribution is -0.138. The fourth-order valence-corrected chi connectivity index (χ4v) is 3.88. The zero-order valence-corrected chi connectivity index (χ0v) is 18.1. The number of halogens is 1. The van der Waals surface area contributed by atoms with Crippen molar-refractivity contribution in [3.63, 3.8) is 0 Å². The molecule has 0 aliphatic rings. The van der Waals surface area contributed by atoms with E-state index in [1.807, 2.05) is 38.1 Å². The Kier molecular flexibility index (Phi) is 9.19. The Bertz CT molecular complexity index is 828. The number of carbonyl (C=O) groups is 2. The lowest BCUT2D eigenvalue weighted by Gasteiger charge is -2.29. The maximum Gasteiger partial charge on any atom is 0.242 e. The van der Waals surface area contributed by atoms with Gasteiger partial charge in [0.05, 0.1) is 5.75 Å². The summed E-state index contributed by atoms with van der Waals surface area (Å²) in [6, 6.07) is 13.7. The van der Waals surface area contributed by atoms with Gasteiger partial charge in [-0.2, -0.15) is 0 Å². The Balaban J connectivity index is 2.08. The molecule has 2 amide bonds. The third kappa shape index (κ3) is 6.89. The summed E-state index contributed by atoms with van der Waals surface area (Å²) < 4.78 is 14.2. The van der Waals surface area contributed by atoms with Crippen LogP contribution in [0.1, 0.15) is 37.0 Å². The van der Waals surface area contributed by atoms with Crippen LogP contribution in [0.2, 0.25) is 0 Å². The molecule has 2 rings (SSSR count). The second-order valence-electron chi connectivity index (χ2n) is 7.00. The largest absolute Gasteiger partial charge is 0.354 e. The normalized spacial score (nSPS) is 11.7. The molecule has 0 heterocycles. The van der Waals surface area contributed by atoms with E-state index in [-0.39, 0.29) is 29.9 Å². The number of nitrogens with one attached hydrogen (secondary N) is 1. The van der Waals surface area contributed by atoms with Gasteiger partial charge in [-0.3, -0.25) is 9.59 Å². The smallest absolute Gasteiger partial charge is 0.242 e. The summed E-state index contributed by atoms with van der Waals surface area (Å²) in [6.45, 7) is 6.32. The molecule has 0 aliphatic carbocycles. The molecule has 0 saturated heterocycles. The van der Waals surface area contributed by atoms with Gasteiger partial charge in [-0.15, -0.1) is 11.8 Å². The first-order valence-corrected chi connectivity index (χ1v) is 11.0. The molecule has 0 bridgehead atoms. The minimum Gasteiger partial charge on any atom is -0.354 e. The average molecular weight is 417 g/mol. The van der Waals surface area contributed by atoms with E-state index >= 15 is 0 Å². The zero-order valence-electron chi connectivity index (χ0n) is 17.3. The first-order valence-electron chi connectivity index (χ1n) is 9.86. The van der Waals surface area contributed by atoms with Crippen molar-refractivity contribution in [2.75, 3.05) is 12.3 Å². The fourth-order valence-electron chi connectivity index (χ4n) is 2.89. The quantitative estimate of drug-likeness (QED) is 0.628.